The zero-order valence-corrected chi connectivity index (χ0v) is 13.5. The van der Waals surface area contributed by atoms with Gasteiger partial charge in [-0.25, -0.2) is 4.98 Å². The predicted octanol–water partition coefficient (Wildman–Crippen LogP) is 2.36. The Bertz CT molecular complexity index is 913. The summed E-state index contributed by atoms with van der Waals surface area (Å²) >= 11 is 0. The number of benzene rings is 1. The van der Waals surface area contributed by atoms with Crippen LogP contribution in [0.25, 0.3) is 5.69 Å². The van der Waals surface area contributed by atoms with Gasteiger partial charge in [0.1, 0.15) is 5.56 Å². The Balaban J connectivity index is 1.80. The number of H-pyrrole nitrogens is 1. The van der Waals surface area contributed by atoms with E-state index in [0.717, 1.165) is 16.9 Å². The molecule has 0 unspecified atom stereocenters. The molecule has 0 aliphatic heterocycles. The van der Waals surface area contributed by atoms with Crippen LogP contribution < -0.4 is 10.9 Å². The van der Waals surface area contributed by atoms with Crippen molar-refractivity contribution in [3.63, 3.8) is 0 Å². The summed E-state index contributed by atoms with van der Waals surface area (Å²) in [6, 6.07) is 10.8. The van der Waals surface area contributed by atoms with E-state index in [4.69, 9.17) is 0 Å². The van der Waals surface area contributed by atoms with Gasteiger partial charge in [0.05, 0.1) is 12.4 Å². The molecular formula is C18H18N4O2. The second kappa shape index (κ2) is 6.54. The third-order valence-electron chi connectivity index (χ3n) is 3.82. The number of hydrogen-bond acceptors (Lipinski definition) is 3. The predicted molar refractivity (Wildman–Crippen MR) is 91.2 cm³/mol. The van der Waals surface area contributed by atoms with Crippen molar-refractivity contribution >= 4 is 5.91 Å². The largest absolute Gasteiger partial charge is 0.345 e. The molecule has 0 aliphatic rings. The van der Waals surface area contributed by atoms with E-state index in [9.17, 15) is 9.59 Å². The van der Waals surface area contributed by atoms with Crippen LogP contribution in [0.1, 0.15) is 34.6 Å². The highest BCUT2D eigenvalue weighted by Gasteiger charge is 2.14. The van der Waals surface area contributed by atoms with E-state index in [2.05, 4.69) is 15.3 Å². The lowest BCUT2D eigenvalue weighted by Gasteiger charge is -2.15. The highest BCUT2D eigenvalue weighted by atomic mass is 16.2. The molecule has 0 radical (unpaired) electrons. The quantitative estimate of drug-likeness (QED) is 0.774. The van der Waals surface area contributed by atoms with Gasteiger partial charge in [-0.2, -0.15) is 0 Å². The van der Waals surface area contributed by atoms with Gasteiger partial charge in [-0.05, 0) is 43.7 Å². The minimum absolute atomic E-state index is 0.109. The maximum atomic E-state index is 12.3. The van der Waals surface area contributed by atoms with Crippen molar-refractivity contribution in [2.75, 3.05) is 0 Å². The second-order valence-electron chi connectivity index (χ2n) is 5.64. The van der Waals surface area contributed by atoms with Crippen LogP contribution in [0.4, 0.5) is 0 Å². The molecule has 2 N–H and O–H groups in total. The van der Waals surface area contributed by atoms with Crippen LogP contribution in [-0.4, -0.2) is 20.4 Å². The molecule has 1 amide bonds. The number of hydrogen-bond donors (Lipinski definition) is 2. The van der Waals surface area contributed by atoms with Crippen LogP contribution in [0.3, 0.4) is 0 Å². The van der Waals surface area contributed by atoms with Gasteiger partial charge in [0, 0.05) is 23.8 Å². The lowest BCUT2D eigenvalue weighted by Crippen LogP contribution is -2.31. The van der Waals surface area contributed by atoms with Crippen molar-refractivity contribution in [2.45, 2.75) is 19.9 Å². The van der Waals surface area contributed by atoms with Crippen molar-refractivity contribution in [1.29, 1.82) is 0 Å². The van der Waals surface area contributed by atoms with Gasteiger partial charge in [-0.3, -0.25) is 9.59 Å². The number of nitrogens with one attached hydrogen (secondary N) is 2. The number of carbonyl (C=O) groups is 1. The van der Waals surface area contributed by atoms with Crippen molar-refractivity contribution in [3.8, 4) is 5.69 Å². The summed E-state index contributed by atoms with van der Waals surface area (Å²) in [6.07, 6.45) is 5.28. The summed E-state index contributed by atoms with van der Waals surface area (Å²) in [6.45, 7) is 3.65. The van der Waals surface area contributed by atoms with Crippen molar-refractivity contribution in [3.05, 3.63) is 82.3 Å². The van der Waals surface area contributed by atoms with Gasteiger partial charge < -0.3 is 14.9 Å². The van der Waals surface area contributed by atoms with Crippen LogP contribution in [0, 0.1) is 6.92 Å². The van der Waals surface area contributed by atoms with E-state index in [0.29, 0.717) is 0 Å². The molecule has 24 heavy (non-hydrogen) atoms. The fraction of sp³-hybridized carbons (Fsp3) is 0.167. The first-order valence-electron chi connectivity index (χ1n) is 7.63. The molecule has 1 atom stereocenters. The molecule has 0 spiro atoms. The third-order valence-corrected chi connectivity index (χ3v) is 3.82. The molecule has 0 aliphatic carbocycles. The molecule has 1 aromatic carbocycles. The summed E-state index contributed by atoms with van der Waals surface area (Å²) in [5.74, 6) is -0.392. The lowest BCUT2D eigenvalue weighted by atomic mass is 10.1. The molecule has 3 aromatic rings. The van der Waals surface area contributed by atoms with Crippen molar-refractivity contribution in [1.82, 2.24) is 19.9 Å². The molecule has 2 heterocycles. The first-order chi connectivity index (χ1) is 11.5. The summed E-state index contributed by atoms with van der Waals surface area (Å²) in [7, 11) is 0. The van der Waals surface area contributed by atoms with Crippen molar-refractivity contribution in [2.24, 2.45) is 0 Å². The zero-order valence-electron chi connectivity index (χ0n) is 13.5. The number of aromatic amines is 1. The number of aryl methyl sites for hydroxylation is 1. The molecule has 2 aromatic heterocycles. The Morgan fingerprint density at radius 1 is 1.29 bits per heavy atom. The molecule has 0 saturated carbocycles. The summed E-state index contributed by atoms with van der Waals surface area (Å²) < 4.78 is 1.89. The smallest absolute Gasteiger partial charge is 0.260 e. The Labute approximate surface area is 139 Å². The van der Waals surface area contributed by atoms with Gasteiger partial charge in [-0.1, -0.05) is 12.1 Å². The second-order valence-corrected chi connectivity index (χ2v) is 5.64. The molecule has 3 rings (SSSR count). The van der Waals surface area contributed by atoms with Crippen LogP contribution >= 0.6 is 0 Å². The zero-order chi connectivity index (χ0) is 17.1. The summed E-state index contributed by atoms with van der Waals surface area (Å²) in [5, 5.41) is 2.86. The van der Waals surface area contributed by atoms with E-state index in [1.807, 2.05) is 42.0 Å². The van der Waals surface area contributed by atoms with Crippen LogP contribution in [0.5, 0.6) is 0 Å². The van der Waals surface area contributed by atoms with E-state index in [-0.39, 0.29) is 17.2 Å². The molecule has 0 saturated heterocycles. The van der Waals surface area contributed by atoms with Gasteiger partial charge in [-0.15, -0.1) is 0 Å². The minimum Gasteiger partial charge on any atom is -0.345 e. The van der Waals surface area contributed by atoms with Crippen LogP contribution in [-0.2, 0) is 0 Å². The number of nitrogens with zero attached hydrogens (tertiary/aromatic N) is 2. The number of imidazole rings is 1. The van der Waals surface area contributed by atoms with Gasteiger partial charge >= 0.3 is 0 Å². The van der Waals surface area contributed by atoms with E-state index >= 15 is 0 Å². The first kappa shape index (κ1) is 15.7. The van der Waals surface area contributed by atoms with E-state index in [1.54, 1.807) is 25.5 Å². The fourth-order valence-corrected chi connectivity index (χ4v) is 2.48. The van der Waals surface area contributed by atoms with E-state index < -0.39 is 5.91 Å². The number of pyridine rings is 1. The molecule has 0 fully saturated rings. The maximum Gasteiger partial charge on any atom is 0.260 e. The molecule has 122 valence electrons. The average molecular weight is 322 g/mol. The molecule has 6 heteroatoms. The number of rotatable bonds is 4. The Kier molecular flexibility index (Phi) is 4.29. The van der Waals surface area contributed by atoms with Gasteiger partial charge in [0.15, 0.2) is 0 Å². The normalized spacial score (nSPS) is 11.9. The summed E-state index contributed by atoms with van der Waals surface area (Å²) in [4.78, 5) is 30.9. The Morgan fingerprint density at radius 2 is 2.12 bits per heavy atom. The highest BCUT2D eigenvalue weighted by Crippen LogP contribution is 2.17. The minimum atomic E-state index is -0.392. The van der Waals surface area contributed by atoms with Crippen LogP contribution in [0.2, 0.25) is 0 Å². The SMILES string of the molecule is Cc1ccc(C(=O)N[C@@H](C)c2cccc(-n3ccnc3)c2)c(=O)[nH]1. The van der Waals surface area contributed by atoms with Gasteiger partial charge in [0.25, 0.3) is 11.5 Å². The fourth-order valence-electron chi connectivity index (χ4n) is 2.48. The molecule has 0 bridgehead atoms. The standard InChI is InChI=1S/C18H18N4O2/c1-12-6-7-16(17(23)20-12)18(24)21-13(2)14-4-3-5-15(10-14)22-9-8-19-11-22/h3-11,13H,1-2H3,(H,20,23)(H,21,24)/t13-/m0/s1. The monoisotopic (exact) mass is 322 g/mol. The van der Waals surface area contributed by atoms with E-state index in [1.165, 1.54) is 6.07 Å². The first-order valence-corrected chi connectivity index (χ1v) is 7.63. The Hall–Kier alpha value is -3.15. The summed E-state index contributed by atoms with van der Waals surface area (Å²) in [5.41, 5.74) is 2.35. The molecule has 6 nitrogen and oxygen atoms in total. The lowest BCUT2D eigenvalue weighted by molar-refractivity contribution is 0.0938. The number of carbonyl (C=O) groups excluding carboxylic acids is 1. The highest BCUT2D eigenvalue weighted by molar-refractivity contribution is 5.94. The third kappa shape index (κ3) is 3.27. The molecular weight excluding hydrogens is 304 g/mol. The van der Waals surface area contributed by atoms with Crippen molar-refractivity contribution < 1.29 is 4.79 Å². The average Bonchev–Trinajstić information content (AvgIpc) is 3.09. The number of aromatic nitrogens is 3. The van der Waals surface area contributed by atoms with Crippen LogP contribution in [0.15, 0.2) is 59.9 Å². The van der Waals surface area contributed by atoms with Gasteiger partial charge in [0.2, 0.25) is 0 Å². The Morgan fingerprint density at radius 3 is 2.83 bits per heavy atom. The topological polar surface area (TPSA) is 79.8 Å². The number of amides is 1. The maximum absolute atomic E-state index is 12.3.